The number of carbonyl (C=O) groups excluding carboxylic acids is 1. The van der Waals surface area contributed by atoms with Gasteiger partial charge in [0.15, 0.2) is 5.76 Å². The average molecular weight is 305 g/mol. The first-order valence-corrected chi connectivity index (χ1v) is 8.59. The van der Waals surface area contributed by atoms with E-state index in [1.54, 1.807) is 0 Å². The minimum Gasteiger partial charge on any atom is -0.454 e. The second-order valence-corrected chi connectivity index (χ2v) is 6.37. The van der Waals surface area contributed by atoms with E-state index in [1.165, 1.54) is 25.7 Å². The molecule has 5 nitrogen and oxygen atoms in total. The van der Waals surface area contributed by atoms with Gasteiger partial charge in [-0.3, -0.25) is 9.69 Å². The summed E-state index contributed by atoms with van der Waals surface area (Å²) >= 11 is 0. The molecule has 22 heavy (non-hydrogen) atoms. The second kappa shape index (κ2) is 7.29. The SMILES string of the molecule is CC(c1ccc(C(=O)N2CCNCC2)o1)N1CCCCCC1. The second-order valence-electron chi connectivity index (χ2n) is 6.37. The number of rotatable bonds is 3. The Bertz CT molecular complexity index is 486. The van der Waals surface area contributed by atoms with Crippen molar-refractivity contribution in [2.75, 3.05) is 39.3 Å². The average Bonchev–Trinajstić information content (AvgIpc) is 2.90. The van der Waals surface area contributed by atoms with Crippen molar-refractivity contribution in [3.63, 3.8) is 0 Å². The molecule has 0 radical (unpaired) electrons. The maximum atomic E-state index is 12.5. The van der Waals surface area contributed by atoms with Crippen molar-refractivity contribution < 1.29 is 9.21 Å². The first-order valence-electron chi connectivity index (χ1n) is 8.59. The molecular formula is C17H27N3O2. The molecule has 122 valence electrons. The summed E-state index contributed by atoms with van der Waals surface area (Å²) in [5.74, 6) is 1.43. The summed E-state index contributed by atoms with van der Waals surface area (Å²) in [5.41, 5.74) is 0. The van der Waals surface area contributed by atoms with Gasteiger partial charge >= 0.3 is 0 Å². The number of nitrogens with one attached hydrogen (secondary N) is 1. The third kappa shape index (κ3) is 3.52. The molecular weight excluding hydrogens is 278 g/mol. The number of furan rings is 1. The lowest BCUT2D eigenvalue weighted by atomic mass is 10.2. The quantitative estimate of drug-likeness (QED) is 0.930. The maximum absolute atomic E-state index is 12.5. The summed E-state index contributed by atoms with van der Waals surface area (Å²) in [6.45, 7) is 7.69. The van der Waals surface area contributed by atoms with Crippen molar-refractivity contribution >= 4 is 5.91 Å². The van der Waals surface area contributed by atoms with E-state index in [4.69, 9.17) is 4.42 Å². The molecule has 1 N–H and O–H groups in total. The molecule has 1 aromatic heterocycles. The van der Waals surface area contributed by atoms with Crippen LogP contribution in [0.25, 0.3) is 0 Å². The van der Waals surface area contributed by atoms with E-state index in [-0.39, 0.29) is 11.9 Å². The van der Waals surface area contributed by atoms with Crippen molar-refractivity contribution in [1.29, 1.82) is 0 Å². The molecule has 0 aromatic carbocycles. The van der Waals surface area contributed by atoms with Crippen LogP contribution in [0.4, 0.5) is 0 Å². The molecule has 1 aromatic rings. The summed E-state index contributed by atoms with van der Waals surface area (Å²) in [4.78, 5) is 16.8. The van der Waals surface area contributed by atoms with Crippen LogP contribution < -0.4 is 5.32 Å². The minimum atomic E-state index is 0.0239. The minimum absolute atomic E-state index is 0.0239. The maximum Gasteiger partial charge on any atom is 0.289 e. The fraction of sp³-hybridized carbons (Fsp3) is 0.706. The third-order valence-corrected chi connectivity index (χ3v) is 4.84. The molecule has 1 unspecified atom stereocenters. The summed E-state index contributed by atoms with van der Waals surface area (Å²) in [7, 11) is 0. The molecule has 1 atom stereocenters. The fourth-order valence-corrected chi connectivity index (χ4v) is 3.38. The van der Waals surface area contributed by atoms with Gasteiger partial charge in [0.25, 0.3) is 5.91 Å². The van der Waals surface area contributed by atoms with Gasteiger partial charge in [0, 0.05) is 26.2 Å². The molecule has 0 spiro atoms. The molecule has 2 saturated heterocycles. The Balaban J connectivity index is 1.65. The molecule has 2 aliphatic heterocycles. The molecule has 3 heterocycles. The number of nitrogens with zero attached hydrogens (tertiary/aromatic N) is 2. The molecule has 0 aliphatic carbocycles. The summed E-state index contributed by atoms with van der Waals surface area (Å²) in [5, 5.41) is 3.26. The molecule has 5 heteroatoms. The highest BCUT2D eigenvalue weighted by Gasteiger charge is 2.24. The highest BCUT2D eigenvalue weighted by molar-refractivity contribution is 5.91. The lowest BCUT2D eigenvalue weighted by Gasteiger charge is -2.27. The Morgan fingerprint density at radius 3 is 2.45 bits per heavy atom. The van der Waals surface area contributed by atoms with Crippen LogP contribution in [-0.4, -0.2) is 55.0 Å². The Morgan fingerprint density at radius 1 is 1.09 bits per heavy atom. The van der Waals surface area contributed by atoms with Gasteiger partial charge in [-0.1, -0.05) is 12.8 Å². The van der Waals surface area contributed by atoms with Crippen LogP contribution in [-0.2, 0) is 0 Å². The topological polar surface area (TPSA) is 48.7 Å². The number of hydrogen-bond donors (Lipinski definition) is 1. The number of hydrogen-bond acceptors (Lipinski definition) is 4. The predicted octanol–water partition coefficient (Wildman–Crippen LogP) is 2.26. The summed E-state index contributed by atoms with van der Waals surface area (Å²) in [6.07, 6.45) is 5.18. The van der Waals surface area contributed by atoms with Gasteiger partial charge in [-0.05, 0) is 45.0 Å². The molecule has 0 bridgehead atoms. The van der Waals surface area contributed by atoms with Gasteiger partial charge in [0.1, 0.15) is 5.76 Å². The predicted molar refractivity (Wildman–Crippen MR) is 85.9 cm³/mol. The van der Waals surface area contributed by atoms with Crippen molar-refractivity contribution in [3.8, 4) is 0 Å². The highest BCUT2D eigenvalue weighted by atomic mass is 16.4. The summed E-state index contributed by atoms with van der Waals surface area (Å²) < 4.78 is 5.90. The van der Waals surface area contributed by atoms with Crippen LogP contribution >= 0.6 is 0 Å². The fourth-order valence-electron chi connectivity index (χ4n) is 3.38. The number of carbonyl (C=O) groups is 1. The zero-order chi connectivity index (χ0) is 15.4. The van der Waals surface area contributed by atoms with Gasteiger partial charge in [-0.15, -0.1) is 0 Å². The van der Waals surface area contributed by atoms with Gasteiger partial charge in [0.05, 0.1) is 6.04 Å². The lowest BCUT2D eigenvalue weighted by molar-refractivity contribution is 0.0697. The van der Waals surface area contributed by atoms with Crippen molar-refractivity contribution in [1.82, 2.24) is 15.1 Å². The standard InChI is InChI=1S/C17H27N3O2/c1-14(19-10-4-2-3-5-11-19)15-6-7-16(22-15)17(21)20-12-8-18-9-13-20/h6-7,14,18H,2-5,8-13H2,1H3. The Labute approximate surface area is 132 Å². The van der Waals surface area contributed by atoms with E-state index in [2.05, 4.69) is 17.1 Å². The summed E-state index contributed by atoms with van der Waals surface area (Å²) in [6, 6.07) is 4.07. The van der Waals surface area contributed by atoms with Gasteiger partial charge < -0.3 is 14.6 Å². The van der Waals surface area contributed by atoms with Crippen molar-refractivity contribution in [2.24, 2.45) is 0 Å². The van der Waals surface area contributed by atoms with Crippen LogP contribution in [0, 0.1) is 0 Å². The molecule has 0 saturated carbocycles. The van der Waals surface area contributed by atoms with E-state index in [0.29, 0.717) is 5.76 Å². The smallest absolute Gasteiger partial charge is 0.289 e. The number of amides is 1. The molecule has 3 rings (SSSR count). The highest BCUT2D eigenvalue weighted by Crippen LogP contribution is 2.25. The van der Waals surface area contributed by atoms with E-state index in [0.717, 1.165) is 45.0 Å². The van der Waals surface area contributed by atoms with Crippen LogP contribution in [0.3, 0.4) is 0 Å². The van der Waals surface area contributed by atoms with Crippen molar-refractivity contribution in [2.45, 2.75) is 38.6 Å². The largest absolute Gasteiger partial charge is 0.454 e. The zero-order valence-corrected chi connectivity index (χ0v) is 13.5. The van der Waals surface area contributed by atoms with Crippen molar-refractivity contribution in [3.05, 3.63) is 23.7 Å². The van der Waals surface area contributed by atoms with Crippen LogP contribution in [0.2, 0.25) is 0 Å². The van der Waals surface area contributed by atoms with E-state index in [1.807, 2.05) is 17.0 Å². The monoisotopic (exact) mass is 305 g/mol. The van der Waals surface area contributed by atoms with Crippen LogP contribution in [0.5, 0.6) is 0 Å². The molecule has 2 aliphatic rings. The van der Waals surface area contributed by atoms with E-state index in [9.17, 15) is 4.79 Å². The molecule has 2 fully saturated rings. The lowest BCUT2D eigenvalue weighted by Crippen LogP contribution is -2.46. The Hall–Kier alpha value is -1.33. The van der Waals surface area contributed by atoms with Crippen LogP contribution in [0.15, 0.2) is 16.5 Å². The van der Waals surface area contributed by atoms with E-state index >= 15 is 0 Å². The van der Waals surface area contributed by atoms with Gasteiger partial charge in [-0.25, -0.2) is 0 Å². The third-order valence-electron chi connectivity index (χ3n) is 4.84. The first-order chi connectivity index (χ1) is 10.8. The normalized spacial score (nSPS) is 22.3. The molecule has 1 amide bonds. The van der Waals surface area contributed by atoms with Gasteiger partial charge in [0.2, 0.25) is 0 Å². The van der Waals surface area contributed by atoms with E-state index < -0.39 is 0 Å². The Morgan fingerprint density at radius 2 is 1.77 bits per heavy atom. The number of piperazine rings is 1. The van der Waals surface area contributed by atoms with Crippen LogP contribution in [0.1, 0.15) is 55.0 Å². The van der Waals surface area contributed by atoms with Gasteiger partial charge in [-0.2, -0.15) is 0 Å². The Kier molecular flexibility index (Phi) is 5.16. The number of likely N-dealkylation sites (tertiary alicyclic amines) is 1. The first kappa shape index (κ1) is 15.6. The zero-order valence-electron chi connectivity index (χ0n) is 13.5.